The molecule has 0 spiro atoms. The van der Waals surface area contributed by atoms with E-state index in [9.17, 15) is 14.5 Å². The van der Waals surface area contributed by atoms with Crippen molar-refractivity contribution in [1.82, 2.24) is 4.98 Å². The number of aryl methyl sites for hydroxylation is 1. The van der Waals surface area contributed by atoms with Crippen molar-refractivity contribution >= 4 is 17.7 Å². The Kier molecular flexibility index (Phi) is 6.67. The molecular formula is C16H18FN3O3. The van der Waals surface area contributed by atoms with E-state index in [-0.39, 0.29) is 17.2 Å². The highest BCUT2D eigenvalue weighted by Crippen LogP contribution is 2.27. The van der Waals surface area contributed by atoms with E-state index in [0.29, 0.717) is 5.69 Å². The average Bonchev–Trinajstić information content (AvgIpc) is 2.96. The Morgan fingerprint density at radius 2 is 2.09 bits per heavy atom. The minimum absolute atomic E-state index is 0.150. The van der Waals surface area contributed by atoms with Crippen molar-refractivity contribution in [3.05, 3.63) is 63.7 Å². The van der Waals surface area contributed by atoms with Crippen LogP contribution in [0.1, 0.15) is 25.1 Å². The lowest BCUT2D eigenvalue weighted by Crippen LogP contribution is -2.00. The Morgan fingerprint density at radius 3 is 2.57 bits per heavy atom. The van der Waals surface area contributed by atoms with Crippen LogP contribution in [0.3, 0.4) is 0 Å². The van der Waals surface area contributed by atoms with Gasteiger partial charge in [0.15, 0.2) is 17.3 Å². The lowest BCUT2D eigenvalue weighted by Gasteiger charge is -2.10. The number of nitrogens with zero attached hydrogens (tertiary/aromatic N) is 1. The number of nitro benzene ring substituents is 1. The summed E-state index contributed by atoms with van der Waals surface area (Å²) in [5.74, 6) is -0.743. The van der Waals surface area contributed by atoms with Gasteiger partial charge in [0.1, 0.15) is 0 Å². The number of rotatable bonds is 5. The molecular weight excluding hydrogens is 301 g/mol. The molecule has 1 aromatic heterocycles. The van der Waals surface area contributed by atoms with Crippen LogP contribution in [0.4, 0.5) is 10.1 Å². The smallest absolute Gasteiger partial charge is 0.272 e. The molecule has 23 heavy (non-hydrogen) atoms. The van der Waals surface area contributed by atoms with E-state index in [1.807, 2.05) is 26.8 Å². The summed E-state index contributed by atoms with van der Waals surface area (Å²) in [7, 11) is 0. The van der Waals surface area contributed by atoms with E-state index in [1.165, 1.54) is 12.1 Å². The summed E-state index contributed by atoms with van der Waals surface area (Å²) >= 11 is 0. The molecule has 2 aromatic rings. The van der Waals surface area contributed by atoms with Gasteiger partial charge in [-0.3, -0.25) is 10.1 Å². The second kappa shape index (κ2) is 8.47. The SMILES string of the molecule is CC.Cc1cc[nH]c1/C(=C\C=N)Oc1ccc([N+](=O)[O-])cc1F. The monoisotopic (exact) mass is 319 g/mol. The minimum atomic E-state index is -0.843. The molecule has 2 N–H and O–H groups in total. The standard InChI is InChI=1S/C14H12FN3O3.C2H6/c1-9-5-7-17-14(9)13(4-6-16)21-12-3-2-10(18(19)20)8-11(12)15;1-2/h2-8,16-17H,1H3;1-2H3/b13-4+,16-6?;. The average molecular weight is 319 g/mol. The molecule has 0 atom stereocenters. The van der Waals surface area contributed by atoms with Crippen molar-refractivity contribution in [2.45, 2.75) is 20.8 Å². The van der Waals surface area contributed by atoms with Crippen LogP contribution in [0.15, 0.2) is 36.5 Å². The highest BCUT2D eigenvalue weighted by molar-refractivity contribution is 5.80. The first-order chi connectivity index (χ1) is 11.0. The van der Waals surface area contributed by atoms with Crippen LogP contribution in [0, 0.1) is 28.3 Å². The summed E-state index contributed by atoms with van der Waals surface area (Å²) in [4.78, 5) is 12.8. The molecule has 0 bridgehead atoms. The summed E-state index contributed by atoms with van der Waals surface area (Å²) < 4.78 is 19.3. The van der Waals surface area contributed by atoms with Crippen molar-refractivity contribution in [3.63, 3.8) is 0 Å². The largest absolute Gasteiger partial charge is 0.452 e. The van der Waals surface area contributed by atoms with Crippen molar-refractivity contribution < 1.29 is 14.1 Å². The van der Waals surface area contributed by atoms with E-state index in [2.05, 4.69) is 4.98 Å². The number of aromatic amines is 1. The molecule has 0 aliphatic heterocycles. The first-order valence-corrected chi connectivity index (χ1v) is 7.00. The molecule has 0 aliphatic carbocycles. The summed E-state index contributed by atoms with van der Waals surface area (Å²) in [6, 6.07) is 4.94. The zero-order valence-corrected chi connectivity index (χ0v) is 13.1. The van der Waals surface area contributed by atoms with Crippen molar-refractivity contribution in [3.8, 4) is 5.75 Å². The zero-order chi connectivity index (χ0) is 17.4. The van der Waals surface area contributed by atoms with Gasteiger partial charge in [0, 0.05) is 24.6 Å². The molecule has 0 saturated heterocycles. The number of benzene rings is 1. The molecule has 6 nitrogen and oxygen atoms in total. The fourth-order valence-electron chi connectivity index (χ4n) is 1.76. The Balaban J connectivity index is 0.00000127. The van der Waals surface area contributed by atoms with Gasteiger partial charge in [0.25, 0.3) is 5.69 Å². The highest BCUT2D eigenvalue weighted by atomic mass is 19.1. The number of halogens is 1. The minimum Gasteiger partial charge on any atom is -0.452 e. The summed E-state index contributed by atoms with van der Waals surface area (Å²) in [5.41, 5.74) is 1.12. The van der Waals surface area contributed by atoms with Crippen molar-refractivity contribution in [2.24, 2.45) is 0 Å². The maximum Gasteiger partial charge on any atom is 0.272 e. The third kappa shape index (κ3) is 4.50. The summed E-state index contributed by atoms with van der Waals surface area (Å²) in [5, 5.41) is 17.7. The number of hydrogen-bond donors (Lipinski definition) is 2. The van der Waals surface area contributed by atoms with Gasteiger partial charge < -0.3 is 15.1 Å². The van der Waals surface area contributed by atoms with Gasteiger partial charge >= 0.3 is 0 Å². The second-order valence-electron chi connectivity index (χ2n) is 4.21. The molecule has 122 valence electrons. The first kappa shape index (κ1) is 18.1. The molecule has 0 saturated carbocycles. The molecule has 0 fully saturated rings. The van der Waals surface area contributed by atoms with E-state index >= 15 is 0 Å². The van der Waals surface area contributed by atoms with Crippen LogP contribution in [-0.4, -0.2) is 16.1 Å². The van der Waals surface area contributed by atoms with Gasteiger partial charge in [-0.2, -0.15) is 0 Å². The Labute approximate surface area is 133 Å². The fourth-order valence-corrected chi connectivity index (χ4v) is 1.76. The van der Waals surface area contributed by atoms with Gasteiger partial charge in [-0.25, -0.2) is 4.39 Å². The lowest BCUT2D eigenvalue weighted by molar-refractivity contribution is -0.385. The van der Waals surface area contributed by atoms with Gasteiger partial charge in [-0.1, -0.05) is 13.8 Å². The van der Waals surface area contributed by atoms with Crippen molar-refractivity contribution in [1.29, 1.82) is 5.41 Å². The molecule has 1 aromatic carbocycles. The molecule has 2 rings (SSSR count). The molecule has 0 radical (unpaired) electrons. The van der Waals surface area contributed by atoms with Gasteiger partial charge in [-0.05, 0) is 24.6 Å². The number of ether oxygens (including phenoxy) is 1. The predicted octanol–water partition coefficient (Wildman–Crippen LogP) is 4.47. The van der Waals surface area contributed by atoms with Crippen LogP contribution in [-0.2, 0) is 0 Å². The molecule has 0 unspecified atom stereocenters. The number of H-pyrrole nitrogens is 1. The van der Waals surface area contributed by atoms with Crippen LogP contribution in [0.2, 0.25) is 0 Å². The van der Waals surface area contributed by atoms with Crippen molar-refractivity contribution in [2.75, 3.05) is 0 Å². The van der Waals surface area contributed by atoms with E-state index < -0.39 is 10.7 Å². The van der Waals surface area contributed by atoms with Crippen LogP contribution >= 0.6 is 0 Å². The number of allylic oxidation sites excluding steroid dienone is 1. The fraction of sp³-hybridized carbons (Fsp3) is 0.188. The molecule has 0 aliphatic rings. The maximum absolute atomic E-state index is 13.8. The number of nitrogens with one attached hydrogen (secondary N) is 2. The number of nitro groups is 1. The van der Waals surface area contributed by atoms with E-state index in [1.54, 1.807) is 6.20 Å². The third-order valence-corrected chi connectivity index (χ3v) is 2.78. The van der Waals surface area contributed by atoms with E-state index in [0.717, 1.165) is 23.9 Å². The molecule has 1 heterocycles. The molecule has 0 amide bonds. The Morgan fingerprint density at radius 1 is 1.39 bits per heavy atom. The second-order valence-corrected chi connectivity index (χ2v) is 4.21. The zero-order valence-electron chi connectivity index (χ0n) is 13.1. The quantitative estimate of drug-likeness (QED) is 0.368. The summed E-state index contributed by atoms with van der Waals surface area (Å²) in [6.45, 7) is 5.83. The topological polar surface area (TPSA) is 92.0 Å². The Hall–Kier alpha value is -2.96. The van der Waals surface area contributed by atoms with Crippen LogP contribution < -0.4 is 4.74 Å². The number of non-ortho nitro benzene ring substituents is 1. The first-order valence-electron chi connectivity index (χ1n) is 7.00. The van der Waals surface area contributed by atoms with Gasteiger partial charge in [-0.15, -0.1) is 0 Å². The maximum atomic E-state index is 13.8. The van der Waals surface area contributed by atoms with Gasteiger partial charge in [0.05, 0.1) is 16.7 Å². The normalized spacial score (nSPS) is 10.5. The summed E-state index contributed by atoms with van der Waals surface area (Å²) in [6.07, 6.45) is 4.07. The lowest BCUT2D eigenvalue weighted by atomic mass is 10.2. The van der Waals surface area contributed by atoms with Crippen LogP contribution in [0.25, 0.3) is 5.76 Å². The predicted molar refractivity (Wildman–Crippen MR) is 87.3 cm³/mol. The van der Waals surface area contributed by atoms with Gasteiger partial charge in [0.2, 0.25) is 0 Å². The third-order valence-electron chi connectivity index (χ3n) is 2.78. The highest BCUT2D eigenvalue weighted by Gasteiger charge is 2.15. The Bertz CT molecular complexity index is 723. The van der Waals surface area contributed by atoms with E-state index in [4.69, 9.17) is 10.1 Å². The number of hydrogen-bond acceptors (Lipinski definition) is 4. The van der Waals surface area contributed by atoms with Crippen LogP contribution in [0.5, 0.6) is 5.75 Å². The number of aromatic nitrogens is 1. The molecule has 7 heteroatoms.